The van der Waals surface area contributed by atoms with Crippen molar-refractivity contribution in [2.24, 2.45) is 0 Å². The third kappa shape index (κ3) is 12.5. The molecule has 0 aliphatic carbocycles. The second kappa shape index (κ2) is 16.6. The number of nitrogens with zero attached hydrogens (tertiary/aromatic N) is 1. The van der Waals surface area contributed by atoms with Gasteiger partial charge in [-0.15, -0.1) is 0 Å². The molecule has 2 atom stereocenters. The Morgan fingerprint density at radius 3 is 2.09 bits per heavy atom. The summed E-state index contributed by atoms with van der Waals surface area (Å²) >= 11 is 0. The first-order chi connectivity index (χ1) is 15.2. The van der Waals surface area contributed by atoms with Gasteiger partial charge in [0.05, 0.1) is 6.61 Å². The lowest BCUT2D eigenvalue weighted by Gasteiger charge is -2.37. The van der Waals surface area contributed by atoms with Crippen molar-refractivity contribution in [2.75, 3.05) is 26.9 Å². The van der Waals surface area contributed by atoms with Crippen molar-refractivity contribution in [1.29, 1.82) is 0 Å². The average molecular weight is 471 g/mol. The molecule has 0 spiro atoms. The summed E-state index contributed by atoms with van der Waals surface area (Å²) in [6, 6.07) is 1.04. The number of hydrogen-bond donors (Lipinski definition) is 1. The van der Waals surface area contributed by atoms with Crippen molar-refractivity contribution in [2.45, 2.75) is 148 Å². The van der Waals surface area contributed by atoms with Gasteiger partial charge >= 0.3 is 0 Å². The van der Waals surface area contributed by atoms with Gasteiger partial charge in [-0.25, -0.2) is 5.01 Å². The van der Waals surface area contributed by atoms with Crippen LogP contribution in [0.25, 0.3) is 0 Å². The van der Waals surface area contributed by atoms with Gasteiger partial charge < -0.3 is 9.16 Å². The fourth-order valence-corrected chi connectivity index (χ4v) is 5.49. The Labute approximate surface area is 202 Å². The standard InChI is InChI=1S/C27H58N2O2Si/c1-8-9-10-11-12-13-14-15-16-17-19-25(21-23-31-32(6,7)27(2,3)4)28-29-22-18-20-26(29)24-30-5/h25-26,28H,8-24H2,1-7H3/t25-,26+/m1/s1. The quantitative estimate of drug-likeness (QED) is 0.155. The fourth-order valence-electron chi connectivity index (χ4n) is 4.43. The lowest BCUT2D eigenvalue weighted by molar-refractivity contribution is 0.0646. The third-order valence-electron chi connectivity index (χ3n) is 7.73. The molecule has 0 saturated carbocycles. The smallest absolute Gasteiger partial charge is 0.191 e. The van der Waals surface area contributed by atoms with Crippen LogP contribution >= 0.6 is 0 Å². The highest BCUT2D eigenvalue weighted by Gasteiger charge is 2.37. The van der Waals surface area contributed by atoms with Gasteiger partial charge in [0.25, 0.3) is 0 Å². The third-order valence-corrected chi connectivity index (χ3v) is 12.3. The first-order valence-electron chi connectivity index (χ1n) is 13.9. The van der Waals surface area contributed by atoms with Gasteiger partial charge in [0.1, 0.15) is 0 Å². The Morgan fingerprint density at radius 1 is 0.938 bits per heavy atom. The predicted octanol–water partition coefficient (Wildman–Crippen LogP) is 7.69. The molecule has 0 aromatic heterocycles. The molecule has 0 radical (unpaired) electrons. The number of nitrogens with one attached hydrogen (secondary N) is 1. The van der Waals surface area contributed by atoms with Gasteiger partial charge in [-0.1, -0.05) is 91.9 Å². The molecule has 0 aromatic rings. The first kappa shape index (κ1) is 30.1. The van der Waals surface area contributed by atoms with E-state index < -0.39 is 8.32 Å². The van der Waals surface area contributed by atoms with Gasteiger partial charge in [0.15, 0.2) is 8.32 Å². The monoisotopic (exact) mass is 470 g/mol. The van der Waals surface area contributed by atoms with Gasteiger partial charge in [0, 0.05) is 32.3 Å². The highest BCUT2D eigenvalue weighted by atomic mass is 28.4. The van der Waals surface area contributed by atoms with Gasteiger partial charge in [-0.3, -0.25) is 5.43 Å². The van der Waals surface area contributed by atoms with Gasteiger partial charge in [-0.05, 0) is 43.8 Å². The molecule has 32 heavy (non-hydrogen) atoms. The van der Waals surface area contributed by atoms with Crippen molar-refractivity contribution >= 4 is 8.32 Å². The number of rotatable bonds is 19. The van der Waals surface area contributed by atoms with Crippen LogP contribution in [0, 0.1) is 0 Å². The molecule has 4 nitrogen and oxygen atoms in total. The zero-order chi connectivity index (χ0) is 23.9. The fraction of sp³-hybridized carbons (Fsp3) is 1.00. The maximum Gasteiger partial charge on any atom is 0.191 e. The second-order valence-electron chi connectivity index (χ2n) is 11.6. The lowest BCUT2D eigenvalue weighted by atomic mass is 10.0. The number of unbranched alkanes of at least 4 members (excludes halogenated alkanes) is 9. The molecule has 0 aromatic carbocycles. The molecular weight excluding hydrogens is 412 g/mol. The van der Waals surface area contributed by atoms with E-state index in [1.165, 1.54) is 83.5 Å². The minimum atomic E-state index is -1.67. The van der Waals surface area contributed by atoms with E-state index >= 15 is 0 Å². The molecule has 0 unspecified atom stereocenters. The highest BCUT2D eigenvalue weighted by molar-refractivity contribution is 6.74. The van der Waals surface area contributed by atoms with E-state index in [1.807, 2.05) is 7.11 Å². The molecule has 1 saturated heterocycles. The van der Waals surface area contributed by atoms with Crippen LogP contribution < -0.4 is 5.43 Å². The van der Waals surface area contributed by atoms with Crippen LogP contribution in [0.5, 0.6) is 0 Å². The summed E-state index contributed by atoms with van der Waals surface area (Å²) in [5.41, 5.74) is 3.90. The average Bonchev–Trinajstić information content (AvgIpc) is 3.15. The van der Waals surface area contributed by atoms with E-state index in [1.54, 1.807) is 0 Å². The summed E-state index contributed by atoms with van der Waals surface area (Å²) in [5.74, 6) is 0. The van der Waals surface area contributed by atoms with Crippen molar-refractivity contribution in [1.82, 2.24) is 10.4 Å². The Hall–Kier alpha value is 0.0569. The van der Waals surface area contributed by atoms with E-state index in [0.717, 1.165) is 26.2 Å². The van der Waals surface area contributed by atoms with Crippen LogP contribution in [0.2, 0.25) is 18.1 Å². The van der Waals surface area contributed by atoms with E-state index in [9.17, 15) is 0 Å². The molecule has 192 valence electrons. The molecule has 1 heterocycles. The highest BCUT2D eigenvalue weighted by Crippen LogP contribution is 2.36. The number of ether oxygens (including phenoxy) is 1. The van der Waals surface area contributed by atoms with E-state index in [0.29, 0.717) is 12.1 Å². The Bertz CT molecular complexity index is 453. The van der Waals surface area contributed by atoms with E-state index in [4.69, 9.17) is 9.16 Å². The van der Waals surface area contributed by atoms with Crippen LogP contribution in [0.4, 0.5) is 0 Å². The Kier molecular flexibility index (Phi) is 15.7. The molecule has 0 amide bonds. The Morgan fingerprint density at radius 2 is 1.53 bits per heavy atom. The minimum absolute atomic E-state index is 0.283. The number of hydrogen-bond acceptors (Lipinski definition) is 4. The first-order valence-corrected chi connectivity index (χ1v) is 16.8. The van der Waals surface area contributed by atoms with Gasteiger partial charge in [-0.2, -0.15) is 0 Å². The van der Waals surface area contributed by atoms with Crippen LogP contribution in [-0.4, -0.2) is 52.3 Å². The normalized spacial score (nSPS) is 19.0. The van der Waals surface area contributed by atoms with Crippen molar-refractivity contribution in [3.63, 3.8) is 0 Å². The van der Waals surface area contributed by atoms with E-state index in [2.05, 4.69) is 51.2 Å². The molecule has 1 aliphatic rings. The summed E-state index contributed by atoms with van der Waals surface area (Å²) in [6.07, 6.45) is 18.9. The number of methoxy groups -OCH3 is 1. The molecule has 1 aliphatic heterocycles. The summed E-state index contributed by atoms with van der Waals surface area (Å²) < 4.78 is 12.0. The van der Waals surface area contributed by atoms with E-state index in [-0.39, 0.29) is 5.04 Å². The maximum absolute atomic E-state index is 6.52. The molecule has 5 heteroatoms. The topological polar surface area (TPSA) is 33.7 Å². The summed E-state index contributed by atoms with van der Waals surface area (Å²) in [7, 11) is 0.155. The van der Waals surface area contributed by atoms with Gasteiger partial charge in [0.2, 0.25) is 0 Å². The van der Waals surface area contributed by atoms with Crippen molar-refractivity contribution < 1.29 is 9.16 Å². The van der Waals surface area contributed by atoms with Crippen LogP contribution in [0.15, 0.2) is 0 Å². The van der Waals surface area contributed by atoms with Crippen molar-refractivity contribution in [3.8, 4) is 0 Å². The maximum atomic E-state index is 6.52. The Balaban J connectivity index is 2.38. The number of hydrazine groups is 1. The molecule has 1 fully saturated rings. The zero-order valence-corrected chi connectivity index (χ0v) is 23.9. The molecule has 0 bridgehead atoms. The minimum Gasteiger partial charge on any atom is -0.417 e. The van der Waals surface area contributed by atoms with Crippen LogP contribution in [0.3, 0.4) is 0 Å². The molecular formula is C27H58N2O2Si. The molecule has 1 rings (SSSR count). The lowest BCUT2D eigenvalue weighted by Crippen LogP contribution is -2.49. The van der Waals surface area contributed by atoms with Crippen molar-refractivity contribution in [3.05, 3.63) is 0 Å². The van der Waals surface area contributed by atoms with Crippen LogP contribution in [0.1, 0.15) is 118 Å². The molecule has 1 N–H and O–H groups in total. The second-order valence-corrected chi connectivity index (χ2v) is 16.4. The largest absolute Gasteiger partial charge is 0.417 e. The summed E-state index contributed by atoms with van der Waals surface area (Å²) in [6.45, 7) is 16.9. The SMILES string of the molecule is CCCCCCCCCCCC[C@H](CCO[Si](C)(C)C(C)(C)C)NN1CCC[C@H]1COC. The predicted molar refractivity (Wildman–Crippen MR) is 143 cm³/mol. The summed E-state index contributed by atoms with van der Waals surface area (Å²) in [5, 5.41) is 2.75. The summed E-state index contributed by atoms with van der Waals surface area (Å²) in [4.78, 5) is 0. The van der Waals surface area contributed by atoms with Crippen LogP contribution in [-0.2, 0) is 9.16 Å². The zero-order valence-electron chi connectivity index (χ0n) is 22.9.